The molecule has 0 aliphatic carbocycles. The van der Waals surface area contributed by atoms with Gasteiger partial charge in [0.05, 0.1) is 16.5 Å². The molecule has 20 heavy (non-hydrogen) atoms. The molecule has 0 spiro atoms. The largest absolute Gasteiger partial charge is 0.469 e. The highest BCUT2D eigenvalue weighted by Crippen LogP contribution is 2.21. The number of furan rings is 1. The number of hydrogen-bond acceptors (Lipinski definition) is 4. The average molecular weight is 286 g/mol. The van der Waals surface area contributed by atoms with E-state index in [1.807, 2.05) is 43.3 Å². The Hall–Kier alpha value is -2.14. The third kappa shape index (κ3) is 2.72. The first-order chi connectivity index (χ1) is 9.72. The second-order valence-corrected chi connectivity index (χ2v) is 5.68. The maximum Gasteiger partial charge on any atom is 0.280 e. The van der Waals surface area contributed by atoms with Crippen molar-refractivity contribution in [2.45, 2.75) is 19.4 Å². The van der Waals surface area contributed by atoms with Crippen molar-refractivity contribution < 1.29 is 9.21 Å². The van der Waals surface area contributed by atoms with Gasteiger partial charge in [0.15, 0.2) is 5.01 Å². The van der Waals surface area contributed by atoms with Crippen molar-refractivity contribution in [2.75, 3.05) is 0 Å². The summed E-state index contributed by atoms with van der Waals surface area (Å²) in [5, 5.41) is 3.44. The minimum absolute atomic E-state index is 0.000613. The highest BCUT2D eigenvalue weighted by atomic mass is 32.1. The van der Waals surface area contributed by atoms with Gasteiger partial charge in [-0.2, -0.15) is 0 Å². The molecule has 0 unspecified atom stereocenters. The minimum Gasteiger partial charge on any atom is -0.469 e. The van der Waals surface area contributed by atoms with Gasteiger partial charge in [0.25, 0.3) is 5.91 Å². The average Bonchev–Trinajstić information content (AvgIpc) is 3.06. The molecule has 0 radical (unpaired) electrons. The van der Waals surface area contributed by atoms with Crippen LogP contribution in [-0.4, -0.2) is 16.9 Å². The summed E-state index contributed by atoms with van der Waals surface area (Å²) in [5.41, 5.74) is 0.862. The first-order valence-electron chi connectivity index (χ1n) is 6.41. The van der Waals surface area contributed by atoms with Crippen molar-refractivity contribution in [1.82, 2.24) is 10.3 Å². The van der Waals surface area contributed by atoms with Gasteiger partial charge in [0.2, 0.25) is 0 Å². The fourth-order valence-electron chi connectivity index (χ4n) is 2.04. The smallest absolute Gasteiger partial charge is 0.280 e. The topological polar surface area (TPSA) is 55.1 Å². The molecule has 1 aromatic carbocycles. The number of rotatable bonds is 4. The van der Waals surface area contributed by atoms with E-state index < -0.39 is 0 Å². The predicted octanol–water partition coefficient (Wildman–Crippen LogP) is 3.25. The van der Waals surface area contributed by atoms with Gasteiger partial charge in [0.1, 0.15) is 5.76 Å². The number of benzene rings is 1. The molecule has 3 aromatic rings. The highest BCUT2D eigenvalue weighted by molar-refractivity contribution is 7.20. The third-order valence-corrected chi connectivity index (χ3v) is 3.99. The molecule has 2 heterocycles. The molecular weight excluding hydrogens is 272 g/mol. The number of hydrogen-bond donors (Lipinski definition) is 1. The van der Waals surface area contributed by atoms with E-state index in [1.165, 1.54) is 11.3 Å². The quantitative estimate of drug-likeness (QED) is 0.801. The molecule has 0 aliphatic heterocycles. The monoisotopic (exact) mass is 286 g/mol. The van der Waals surface area contributed by atoms with Crippen LogP contribution in [0.5, 0.6) is 0 Å². The van der Waals surface area contributed by atoms with Gasteiger partial charge in [0, 0.05) is 12.5 Å². The van der Waals surface area contributed by atoms with Gasteiger partial charge in [-0.05, 0) is 31.2 Å². The van der Waals surface area contributed by atoms with Gasteiger partial charge < -0.3 is 9.73 Å². The predicted molar refractivity (Wildman–Crippen MR) is 79.0 cm³/mol. The molecule has 0 aliphatic rings. The van der Waals surface area contributed by atoms with E-state index in [2.05, 4.69) is 10.3 Å². The van der Waals surface area contributed by atoms with E-state index in [0.717, 1.165) is 16.0 Å². The summed E-state index contributed by atoms with van der Waals surface area (Å²) < 4.78 is 6.30. The van der Waals surface area contributed by atoms with Gasteiger partial charge in [-0.25, -0.2) is 4.98 Å². The van der Waals surface area contributed by atoms with Crippen LogP contribution < -0.4 is 5.32 Å². The Labute approximate surface area is 120 Å². The Balaban J connectivity index is 1.69. The Kier molecular flexibility index (Phi) is 3.52. The lowest BCUT2D eigenvalue weighted by molar-refractivity contribution is 0.0939. The number of aromatic nitrogens is 1. The summed E-state index contributed by atoms with van der Waals surface area (Å²) in [6, 6.07) is 11.5. The van der Waals surface area contributed by atoms with Crippen molar-refractivity contribution in [1.29, 1.82) is 0 Å². The third-order valence-electron chi connectivity index (χ3n) is 2.95. The van der Waals surface area contributed by atoms with Crippen LogP contribution in [0.4, 0.5) is 0 Å². The summed E-state index contributed by atoms with van der Waals surface area (Å²) in [4.78, 5) is 16.5. The zero-order valence-electron chi connectivity index (χ0n) is 11.0. The summed E-state index contributed by atoms with van der Waals surface area (Å²) in [5.74, 6) is 0.729. The van der Waals surface area contributed by atoms with Crippen LogP contribution >= 0.6 is 11.3 Å². The van der Waals surface area contributed by atoms with Gasteiger partial charge in [-0.1, -0.05) is 12.1 Å². The van der Waals surface area contributed by atoms with Crippen molar-refractivity contribution in [2.24, 2.45) is 0 Å². The molecule has 3 rings (SSSR count). The van der Waals surface area contributed by atoms with E-state index in [-0.39, 0.29) is 11.9 Å². The molecule has 0 saturated carbocycles. The minimum atomic E-state index is -0.134. The fourth-order valence-corrected chi connectivity index (χ4v) is 2.91. The summed E-state index contributed by atoms with van der Waals surface area (Å²) in [6.45, 7) is 1.95. The van der Waals surface area contributed by atoms with E-state index in [0.29, 0.717) is 11.4 Å². The van der Waals surface area contributed by atoms with Crippen molar-refractivity contribution in [3.05, 3.63) is 53.4 Å². The first kappa shape index (κ1) is 12.9. The number of carbonyl (C=O) groups is 1. The summed E-state index contributed by atoms with van der Waals surface area (Å²) in [6.07, 6.45) is 2.31. The van der Waals surface area contributed by atoms with Gasteiger partial charge in [-0.15, -0.1) is 11.3 Å². The van der Waals surface area contributed by atoms with E-state index in [1.54, 1.807) is 6.26 Å². The molecule has 2 aromatic heterocycles. The summed E-state index contributed by atoms with van der Waals surface area (Å²) in [7, 11) is 0. The summed E-state index contributed by atoms with van der Waals surface area (Å²) >= 11 is 1.41. The normalized spacial score (nSPS) is 12.4. The van der Waals surface area contributed by atoms with Crippen LogP contribution in [0, 0.1) is 0 Å². The first-order valence-corrected chi connectivity index (χ1v) is 7.23. The molecule has 0 saturated heterocycles. The van der Waals surface area contributed by atoms with Crippen molar-refractivity contribution in [3.8, 4) is 0 Å². The van der Waals surface area contributed by atoms with Crippen LogP contribution in [0.15, 0.2) is 47.1 Å². The fraction of sp³-hybridized carbons (Fsp3) is 0.200. The number of carbonyl (C=O) groups excluding carboxylic acids is 1. The number of thiazole rings is 1. The zero-order chi connectivity index (χ0) is 13.9. The molecule has 1 N–H and O–H groups in total. The van der Waals surface area contributed by atoms with Crippen LogP contribution in [0.2, 0.25) is 0 Å². The second kappa shape index (κ2) is 5.46. The lowest BCUT2D eigenvalue weighted by Crippen LogP contribution is -2.33. The molecule has 1 amide bonds. The van der Waals surface area contributed by atoms with Crippen LogP contribution in [0.25, 0.3) is 10.2 Å². The number of amides is 1. The maximum atomic E-state index is 12.2. The second-order valence-electron chi connectivity index (χ2n) is 4.64. The standard InChI is InChI=1S/C15H14N2O2S/c1-10(9-11-5-4-8-19-11)16-14(18)15-17-12-6-2-3-7-13(12)20-15/h2-8,10H,9H2,1H3,(H,16,18)/t10-/m1/s1. The van der Waals surface area contributed by atoms with Crippen LogP contribution in [-0.2, 0) is 6.42 Å². The number of fused-ring (bicyclic) bond motifs is 1. The lowest BCUT2D eigenvalue weighted by atomic mass is 10.2. The molecule has 5 heteroatoms. The number of para-hydroxylation sites is 1. The zero-order valence-corrected chi connectivity index (χ0v) is 11.8. The highest BCUT2D eigenvalue weighted by Gasteiger charge is 2.15. The lowest BCUT2D eigenvalue weighted by Gasteiger charge is -2.10. The molecule has 4 nitrogen and oxygen atoms in total. The SMILES string of the molecule is C[C@H](Cc1ccco1)NC(=O)c1nc2ccccc2s1. The van der Waals surface area contributed by atoms with Crippen molar-refractivity contribution >= 4 is 27.5 Å². The number of nitrogens with one attached hydrogen (secondary N) is 1. The van der Waals surface area contributed by atoms with Gasteiger partial charge in [-0.3, -0.25) is 4.79 Å². The van der Waals surface area contributed by atoms with Gasteiger partial charge >= 0.3 is 0 Å². The maximum absolute atomic E-state index is 12.2. The molecule has 0 fully saturated rings. The van der Waals surface area contributed by atoms with E-state index in [9.17, 15) is 4.79 Å². The van der Waals surface area contributed by atoms with E-state index in [4.69, 9.17) is 4.42 Å². The van der Waals surface area contributed by atoms with Crippen LogP contribution in [0.1, 0.15) is 22.5 Å². The Morgan fingerprint density at radius 1 is 1.35 bits per heavy atom. The van der Waals surface area contributed by atoms with Crippen molar-refractivity contribution in [3.63, 3.8) is 0 Å². The Morgan fingerprint density at radius 2 is 2.20 bits per heavy atom. The molecule has 102 valence electrons. The Bertz CT molecular complexity index is 685. The van der Waals surface area contributed by atoms with E-state index >= 15 is 0 Å². The molecule has 0 bridgehead atoms. The van der Waals surface area contributed by atoms with Crippen LogP contribution in [0.3, 0.4) is 0 Å². The molecule has 1 atom stereocenters. The molecular formula is C15H14N2O2S. The number of nitrogens with zero attached hydrogens (tertiary/aromatic N) is 1. The Morgan fingerprint density at radius 3 is 2.95 bits per heavy atom.